The molecule has 1 aromatic carbocycles. The summed E-state index contributed by atoms with van der Waals surface area (Å²) < 4.78 is 5.75. The van der Waals surface area contributed by atoms with E-state index in [0.29, 0.717) is 11.3 Å². The van der Waals surface area contributed by atoms with Crippen molar-refractivity contribution >= 4 is 23.5 Å². The fourth-order valence-corrected chi connectivity index (χ4v) is 4.85. The molecule has 2 fully saturated rings. The van der Waals surface area contributed by atoms with Gasteiger partial charge in [0.25, 0.3) is 0 Å². The summed E-state index contributed by atoms with van der Waals surface area (Å²) in [6.07, 6.45) is -1.33. The molecule has 0 aromatic heterocycles. The van der Waals surface area contributed by atoms with Crippen LogP contribution in [0.15, 0.2) is 29.2 Å². The van der Waals surface area contributed by atoms with E-state index in [1.165, 1.54) is 11.8 Å². The molecule has 2 aliphatic rings. The minimum absolute atomic E-state index is 0.0362. The molecule has 4 nitrogen and oxygen atoms in total. The van der Waals surface area contributed by atoms with Gasteiger partial charge in [0.15, 0.2) is 0 Å². The third kappa shape index (κ3) is 2.49. The third-order valence-electron chi connectivity index (χ3n) is 3.30. The lowest BCUT2D eigenvalue weighted by molar-refractivity contribution is 0.00137. The predicted octanol–water partition coefficient (Wildman–Crippen LogP) is 1.21. The van der Waals surface area contributed by atoms with Gasteiger partial charge in [-0.2, -0.15) is 17.0 Å². The van der Waals surface area contributed by atoms with Crippen LogP contribution >= 0.6 is 23.5 Å². The molecule has 0 amide bonds. The van der Waals surface area contributed by atoms with Gasteiger partial charge in [0.1, 0.15) is 17.6 Å². The molecule has 6 heteroatoms. The second kappa shape index (κ2) is 5.35. The number of aliphatic hydroxyl groups excluding tert-OH is 2. The molecule has 0 aliphatic carbocycles. The van der Waals surface area contributed by atoms with Gasteiger partial charge in [0.2, 0.25) is 0 Å². The number of aliphatic hydroxyl groups is 2. The molecule has 5 atom stereocenters. The Morgan fingerprint density at radius 2 is 2.05 bits per heavy atom. The molecule has 0 radical (unpaired) electrons. The number of nitriles is 1. The van der Waals surface area contributed by atoms with Gasteiger partial charge < -0.3 is 14.9 Å². The first-order valence-corrected chi connectivity index (χ1v) is 7.92. The number of nitrogens with zero attached hydrogens (tertiary/aromatic N) is 1. The van der Waals surface area contributed by atoms with Gasteiger partial charge in [-0.1, -0.05) is 11.8 Å². The van der Waals surface area contributed by atoms with E-state index in [0.717, 1.165) is 4.90 Å². The highest BCUT2D eigenvalue weighted by molar-refractivity contribution is 8.01. The Hall–Kier alpha value is -0.710. The number of ether oxygens (including phenoxy) is 1. The van der Waals surface area contributed by atoms with Crippen molar-refractivity contribution in [3.63, 3.8) is 0 Å². The van der Waals surface area contributed by atoms with E-state index in [4.69, 9.17) is 10.00 Å². The van der Waals surface area contributed by atoms with Crippen molar-refractivity contribution in [2.24, 2.45) is 0 Å². The van der Waals surface area contributed by atoms with Crippen LogP contribution in [0.5, 0.6) is 0 Å². The topological polar surface area (TPSA) is 73.5 Å². The Bertz CT molecular complexity index is 502. The highest BCUT2D eigenvalue weighted by Crippen LogP contribution is 2.44. The Labute approximate surface area is 119 Å². The lowest BCUT2D eigenvalue weighted by atomic mass is 10.1. The number of hydrogen-bond donors (Lipinski definition) is 2. The molecule has 0 saturated carbocycles. The molecular formula is C13H13NO3S2. The second-order valence-corrected chi connectivity index (χ2v) is 6.96. The summed E-state index contributed by atoms with van der Waals surface area (Å²) in [6, 6.07) is 9.25. The van der Waals surface area contributed by atoms with Crippen LogP contribution < -0.4 is 0 Å². The van der Waals surface area contributed by atoms with Gasteiger partial charge in [-0.05, 0) is 24.3 Å². The van der Waals surface area contributed by atoms with Gasteiger partial charge >= 0.3 is 0 Å². The maximum atomic E-state index is 10.2. The standard InChI is InChI=1S/C13H13NO3S2/c14-5-7-1-3-8(4-2-7)19-13-10(16)12-11(17-13)9(15)6-18-12/h1-4,9-13,15-16H,6H2/t9-,10-,11-,12-,13-/m1/s1. The molecule has 1 aromatic rings. The first-order chi connectivity index (χ1) is 9.19. The summed E-state index contributed by atoms with van der Waals surface area (Å²) in [7, 11) is 0. The molecular weight excluding hydrogens is 282 g/mol. The van der Waals surface area contributed by atoms with Crippen molar-refractivity contribution in [3.8, 4) is 6.07 Å². The summed E-state index contributed by atoms with van der Waals surface area (Å²) in [6.45, 7) is 0. The first kappa shape index (κ1) is 13.3. The van der Waals surface area contributed by atoms with E-state index in [1.807, 2.05) is 12.1 Å². The van der Waals surface area contributed by atoms with E-state index in [2.05, 4.69) is 6.07 Å². The van der Waals surface area contributed by atoms with Crippen molar-refractivity contribution < 1.29 is 14.9 Å². The summed E-state index contributed by atoms with van der Waals surface area (Å²) in [5.41, 5.74) is 0.255. The average molecular weight is 295 g/mol. The van der Waals surface area contributed by atoms with Crippen molar-refractivity contribution in [3.05, 3.63) is 29.8 Å². The van der Waals surface area contributed by atoms with Gasteiger partial charge in [-0.3, -0.25) is 0 Å². The quantitative estimate of drug-likeness (QED) is 0.854. The van der Waals surface area contributed by atoms with Gasteiger partial charge in [-0.25, -0.2) is 0 Å². The van der Waals surface area contributed by atoms with Crippen LogP contribution in [0.1, 0.15) is 5.56 Å². The summed E-state index contributed by atoms with van der Waals surface area (Å²) in [5, 5.41) is 28.7. The zero-order valence-electron chi connectivity index (χ0n) is 9.97. The first-order valence-electron chi connectivity index (χ1n) is 5.99. The van der Waals surface area contributed by atoms with Crippen LogP contribution in [0.25, 0.3) is 0 Å². The van der Waals surface area contributed by atoms with Crippen LogP contribution in [0.3, 0.4) is 0 Å². The van der Waals surface area contributed by atoms with Gasteiger partial charge in [0.05, 0.1) is 23.0 Å². The zero-order chi connectivity index (χ0) is 13.4. The number of hydrogen-bond acceptors (Lipinski definition) is 6. The van der Waals surface area contributed by atoms with E-state index < -0.39 is 12.2 Å². The molecule has 3 rings (SSSR count). The van der Waals surface area contributed by atoms with Crippen molar-refractivity contribution in [1.82, 2.24) is 0 Å². The van der Waals surface area contributed by atoms with Crippen molar-refractivity contribution in [1.29, 1.82) is 5.26 Å². The van der Waals surface area contributed by atoms with Crippen LogP contribution in [-0.2, 0) is 4.74 Å². The summed E-state index contributed by atoms with van der Waals surface area (Å²) >= 11 is 3.00. The SMILES string of the molecule is N#Cc1ccc(S[C@H]2O[C@H]3[C@H](SC[C@H]3O)[C@H]2O)cc1. The molecule has 2 N–H and O–H groups in total. The van der Waals surface area contributed by atoms with Crippen LogP contribution in [-0.4, -0.2) is 45.0 Å². The zero-order valence-corrected chi connectivity index (χ0v) is 11.6. The monoisotopic (exact) mass is 295 g/mol. The molecule has 2 aliphatic heterocycles. The van der Waals surface area contributed by atoms with Crippen molar-refractivity contribution in [2.75, 3.05) is 5.75 Å². The van der Waals surface area contributed by atoms with E-state index in [-0.39, 0.29) is 16.8 Å². The van der Waals surface area contributed by atoms with E-state index >= 15 is 0 Å². The third-order valence-corrected chi connectivity index (χ3v) is 5.94. The summed E-state index contributed by atoms with van der Waals surface area (Å²) in [4.78, 5) is 0.947. The van der Waals surface area contributed by atoms with E-state index in [9.17, 15) is 10.2 Å². The predicted molar refractivity (Wildman–Crippen MR) is 73.9 cm³/mol. The maximum absolute atomic E-state index is 10.2. The maximum Gasteiger partial charge on any atom is 0.135 e. The van der Waals surface area contributed by atoms with Gasteiger partial charge in [-0.15, -0.1) is 0 Å². The fourth-order valence-electron chi connectivity index (χ4n) is 2.31. The van der Waals surface area contributed by atoms with E-state index in [1.54, 1.807) is 23.9 Å². The molecule has 19 heavy (non-hydrogen) atoms. The normalized spacial score (nSPS) is 37.0. The average Bonchev–Trinajstić information content (AvgIpc) is 2.93. The van der Waals surface area contributed by atoms with Crippen molar-refractivity contribution in [2.45, 2.75) is 33.9 Å². The summed E-state index contributed by atoms with van der Waals surface area (Å²) in [5.74, 6) is 0.626. The molecule has 0 spiro atoms. The highest BCUT2D eigenvalue weighted by Gasteiger charge is 2.51. The largest absolute Gasteiger partial charge is 0.390 e. The Kier molecular flexibility index (Phi) is 3.74. The second-order valence-electron chi connectivity index (χ2n) is 4.58. The lowest BCUT2D eigenvalue weighted by Crippen LogP contribution is -2.29. The highest BCUT2D eigenvalue weighted by atomic mass is 32.2. The molecule has 0 unspecified atom stereocenters. The Morgan fingerprint density at radius 1 is 1.32 bits per heavy atom. The minimum Gasteiger partial charge on any atom is -0.390 e. The van der Waals surface area contributed by atoms with Gasteiger partial charge in [0, 0.05) is 10.6 Å². The number of fused-ring (bicyclic) bond motifs is 1. The molecule has 2 heterocycles. The Morgan fingerprint density at radius 3 is 2.68 bits per heavy atom. The number of thioether (sulfide) groups is 2. The number of benzene rings is 1. The number of rotatable bonds is 2. The molecule has 0 bridgehead atoms. The smallest absolute Gasteiger partial charge is 0.135 e. The van der Waals surface area contributed by atoms with Crippen LogP contribution in [0.2, 0.25) is 0 Å². The fraction of sp³-hybridized carbons (Fsp3) is 0.462. The van der Waals surface area contributed by atoms with Crippen LogP contribution in [0.4, 0.5) is 0 Å². The Balaban J connectivity index is 1.69. The van der Waals surface area contributed by atoms with Crippen LogP contribution in [0, 0.1) is 11.3 Å². The molecule has 2 saturated heterocycles. The minimum atomic E-state index is -0.576. The molecule has 100 valence electrons. The lowest BCUT2D eigenvalue weighted by Gasteiger charge is -2.16.